The summed E-state index contributed by atoms with van der Waals surface area (Å²) in [6.07, 6.45) is 3.90. The van der Waals surface area contributed by atoms with Gasteiger partial charge in [0.25, 0.3) is 0 Å². The number of rotatable bonds is 4. The van der Waals surface area contributed by atoms with Crippen LogP contribution in [0.15, 0.2) is 6.20 Å². The van der Waals surface area contributed by atoms with Gasteiger partial charge in [-0.1, -0.05) is 13.8 Å². The van der Waals surface area contributed by atoms with Gasteiger partial charge in [0.2, 0.25) is 0 Å². The summed E-state index contributed by atoms with van der Waals surface area (Å²) in [7, 11) is 0. The van der Waals surface area contributed by atoms with Crippen LogP contribution >= 0.6 is 11.3 Å². The number of carbonyl (C=O) groups is 1. The number of carbonyl (C=O) groups excluding carboxylic acids is 1. The lowest BCUT2D eigenvalue weighted by atomic mass is 10.0. The molecule has 2 N–H and O–H groups in total. The van der Waals surface area contributed by atoms with Gasteiger partial charge >= 0.3 is 6.03 Å². The van der Waals surface area contributed by atoms with Crippen molar-refractivity contribution >= 4 is 17.4 Å². The predicted molar refractivity (Wildman–Crippen MR) is 82.0 cm³/mol. The molecule has 112 valence electrons. The summed E-state index contributed by atoms with van der Waals surface area (Å²) < 4.78 is 0. The fourth-order valence-electron chi connectivity index (χ4n) is 2.48. The van der Waals surface area contributed by atoms with Crippen LogP contribution in [-0.2, 0) is 6.54 Å². The summed E-state index contributed by atoms with van der Waals surface area (Å²) in [6.45, 7) is 8.54. The number of likely N-dealkylation sites (tertiary alicyclic amines) is 1. The van der Waals surface area contributed by atoms with Crippen molar-refractivity contribution in [2.24, 2.45) is 0 Å². The third-order valence-electron chi connectivity index (χ3n) is 3.43. The number of nitrogens with zero attached hydrogens (tertiary/aromatic N) is 2. The van der Waals surface area contributed by atoms with Crippen molar-refractivity contribution < 1.29 is 4.79 Å². The van der Waals surface area contributed by atoms with Gasteiger partial charge in [0, 0.05) is 36.2 Å². The second-order valence-electron chi connectivity index (χ2n) is 5.59. The van der Waals surface area contributed by atoms with Gasteiger partial charge in [0.15, 0.2) is 0 Å². The number of nitrogens with one attached hydrogen (secondary N) is 2. The standard InChI is InChI=1S/C14H24N4OS/c1-10(2)17-12-4-6-18(7-5-12)14(19)16-9-13-8-15-11(3)20-13/h8,10,12,17H,4-7,9H2,1-3H3,(H,16,19). The molecule has 2 heterocycles. The van der Waals surface area contributed by atoms with E-state index >= 15 is 0 Å². The molecule has 0 atom stereocenters. The molecule has 1 aromatic rings. The Morgan fingerprint density at radius 2 is 2.20 bits per heavy atom. The van der Waals surface area contributed by atoms with E-state index in [1.807, 2.05) is 18.0 Å². The van der Waals surface area contributed by atoms with Crippen LogP contribution in [0.4, 0.5) is 4.79 Å². The molecule has 20 heavy (non-hydrogen) atoms. The van der Waals surface area contributed by atoms with E-state index in [1.54, 1.807) is 11.3 Å². The van der Waals surface area contributed by atoms with Crippen LogP contribution in [0.5, 0.6) is 0 Å². The Morgan fingerprint density at radius 3 is 2.75 bits per heavy atom. The summed E-state index contributed by atoms with van der Waals surface area (Å²) in [5, 5.41) is 7.55. The minimum atomic E-state index is 0.0408. The van der Waals surface area contributed by atoms with Crippen LogP contribution in [0.3, 0.4) is 0 Å². The summed E-state index contributed by atoms with van der Waals surface area (Å²) in [4.78, 5) is 19.3. The lowest BCUT2D eigenvalue weighted by Crippen LogP contribution is -2.49. The van der Waals surface area contributed by atoms with Crippen molar-refractivity contribution in [2.45, 2.75) is 52.2 Å². The van der Waals surface area contributed by atoms with Crippen molar-refractivity contribution in [1.29, 1.82) is 0 Å². The fourth-order valence-corrected chi connectivity index (χ4v) is 3.22. The van der Waals surface area contributed by atoms with Crippen molar-refractivity contribution in [3.8, 4) is 0 Å². The molecule has 2 rings (SSSR count). The Morgan fingerprint density at radius 1 is 1.50 bits per heavy atom. The van der Waals surface area contributed by atoms with E-state index in [0.717, 1.165) is 35.8 Å². The van der Waals surface area contributed by atoms with Crippen LogP contribution < -0.4 is 10.6 Å². The number of hydrogen-bond acceptors (Lipinski definition) is 4. The average Bonchev–Trinajstić information content (AvgIpc) is 2.82. The van der Waals surface area contributed by atoms with Crippen LogP contribution in [0.2, 0.25) is 0 Å². The second kappa shape index (κ2) is 7.04. The van der Waals surface area contributed by atoms with Crippen LogP contribution in [0.1, 0.15) is 36.6 Å². The minimum absolute atomic E-state index is 0.0408. The molecule has 0 unspecified atom stereocenters. The Hall–Kier alpha value is -1.14. The first-order valence-electron chi connectivity index (χ1n) is 7.24. The smallest absolute Gasteiger partial charge is 0.317 e. The zero-order valence-corrected chi connectivity index (χ0v) is 13.3. The molecule has 1 aliphatic rings. The van der Waals surface area contributed by atoms with Crippen molar-refractivity contribution in [3.05, 3.63) is 16.1 Å². The fraction of sp³-hybridized carbons (Fsp3) is 0.714. The maximum Gasteiger partial charge on any atom is 0.317 e. The van der Waals surface area contributed by atoms with Gasteiger partial charge in [-0.3, -0.25) is 0 Å². The Kier molecular flexibility index (Phi) is 5.37. The number of aromatic nitrogens is 1. The topological polar surface area (TPSA) is 57.3 Å². The molecule has 1 aromatic heterocycles. The molecule has 0 saturated carbocycles. The third kappa shape index (κ3) is 4.45. The van der Waals surface area contributed by atoms with Gasteiger partial charge < -0.3 is 15.5 Å². The molecule has 2 amide bonds. The van der Waals surface area contributed by atoms with Crippen molar-refractivity contribution in [1.82, 2.24) is 20.5 Å². The summed E-state index contributed by atoms with van der Waals surface area (Å²) >= 11 is 1.63. The molecule has 1 saturated heterocycles. The van der Waals surface area contributed by atoms with Crippen LogP contribution in [-0.4, -0.2) is 41.1 Å². The molecule has 5 nitrogen and oxygen atoms in total. The van der Waals surface area contributed by atoms with Crippen LogP contribution in [0, 0.1) is 6.92 Å². The van der Waals surface area contributed by atoms with E-state index in [4.69, 9.17) is 0 Å². The molecule has 0 spiro atoms. The highest BCUT2D eigenvalue weighted by atomic mass is 32.1. The lowest BCUT2D eigenvalue weighted by molar-refractivity contribution is 0.174. The zero-order valence-electron chi connectivity index (χ0n) is 12.5. The van der Waals surface area contributed by atoms with E-state index in [9.17, 15) is 4.79 Å². The number of amides is 2. The summed E-state index contributed by atoms with van der Waals surface area (Å²) in [5.74, 6) is 0. The van der Waals surface area contributed by atoms with Gasteiger partial charge in [0.05, 0.1) is 11.6 Å². The molecule has 1 fully saturated rings. The molecule has 0 bridgehead atoms. The van der Waals surface area contributed by atoms with E-state index in [-0.39, 0.29) is 6.03 Å². The molecule has 1 aliphatic heterocycles. The van der Waals surface area contributed by atoms with Crippen LogP contribution in [0.25, 0.3) is 0 Å². The first kappa shape index (κ1) is 15.3. The maximum absolute atomic E-state index is 12.1. The largest absolute Gasteiger partial charge is 0.333 e. The first-order chi connectivity index (χ1) is 9.54. The first-order valence-corrected chi connectivity index (χ1v) is 8.06. The highest BCUT2D eigenvalue weighted by Crippen LogP contribution is 2.13. The van der Waals surface area contributed by atoms with Crippen molar-refractivity contribution in [3.63, 3.8) is 0 Å². The van der Waals surface area contributed by atoms with Gasteiger partial charge in [-0.15, -0.1) is 11.3 Å². The highest BCUT2D eigenvalue weighted by Gasteiger charge is 2.22. The third-order valence-corrected chi connectivity index (χ3v) is 4.35. The number of aryl methyl sites for hydroxylation is 1. The quantitative estimate of drug-likeness (QED) is 0.895. The minimum Gasteiger partial charge on any atom is -0.333 e. The molecular formula is C14H24N4OS. The van der Waals surface area contributed by atoms with Gasteiger partial charge in [-0.25, -0.2) is 9.78 Å². The molecular weight excluding hydrogens is 272 g/mol. The number of thiazole rings is 1. The molecule has 0 radical (unpaired) electrons. The van der Waals surface area contributed by atoms with E-state index in [0.29, 0.717) is 18.6 Å². The summed E-state index contributed by atoms with van der Waals surface area (Å²) in [6, 6.07) is 1.09. The number of piperidine rings is 1. The van der Waals surface area contributed by atoms with E-state index in [2.05, 4.69) is 29.5 Å². The Bertz CT molecular complexity index is 438. The molecule has 0 aromatic carbocycles. The molecule has 6 heteroatoms. The Labute approximate surface area is 124 Å². The zero-order chi connectivity index (χ0) is 14.5. The second-order valence-corrected chi connectivity index (χ2v) is 6.91. The SMILES string of the molecule is Cc1ncc(CNC(=O)N2CCC(NC(C)C)CC2)s1. The predicted octanol–water partition coefficient (Wildman–Crippen LogP) is 2.12. The Balaban J connectivity index is 1.72. The van der Waals surface area contributed by atoms with E-state index in [1.165, 1.54) is 0 Å². The van der Waals surface area contributed by atoms with E-state index < -0.39 is 0 Å². The highest BCUT2D eigenvalue weighted by molar-refractivity contribution is 7.11. The maximum atomic E-state index is 12.1. The monoisotopic (exact) mass is 296 g/mol. The molecule has 0 aliphatic carbocycles. The van der Waals surface area contributed by atoms with Gasteiger partial charge in [-0.05, 0) is 19.8 Å². The average molecular weight is 296 g/mol. The number of urea groups is 1. The van der Waals surface area contributed by atoms with Gasteiger partial charge in [0.1, 0.15) is 0 Å². The summed E-state index contributed by atoms with van der Waals surface area (Å²) in [5.41, 5.74) is 0. The number of hydrogen-bond donors (Lipinski definition) is 2. The van der Waals surface area contributed by atoms with Crippen molar-refractivity contribution in [2.75, 3.05) is 13.1 Å². The normalized spacial score (nSPS) is 16.7. The lowest BCUT2D eigenvalue weighted by Gasteiger charge is -2.33. The van der Waals surface area contributed by atoms with Gasteiger partial charge in [-0.2, -0.15) is 0 Å².